The Hall–Kier alpha value is -1.72. The first kappa shape index (κ1) is 23.0. The van der Waals surface area contributed by atoms with E-state index in [4.69, 9.17) is 49.4 Å². The quantitative estimate of drug-likeness (QED) is 0.409. The number of methoxy groups -OCH3 is 1. The first-order chi connectivity index (χ1) is 14.2. The van der Waals surface area contributed by atoms with Crippen LogP contribution in [0, 0.1) is 6.92 Å². The number of carbonyl (C=O) groups is 2. The third kappa shape index (κ3) is 4.94. The van der Waals surface area contributed by atoms with Crippen molar-refractivity contribution in [2.45, 2.75) is 31.4 Å². The second-order valence-corrected chi connectivity index (χ2v) is 8.87. The third-order valence-electron chi connectivity index (χ3n) is 4.52. The molecule has 2 atom stereocenters. The summed E-state index contributed by atoms with van der Waals surface area (Å²) in [5.74, 6) is -0.382. The summed E-state index contributed by atoms with van der Waals surface area (Å²) in [6.45, 7) is 2.80. The number of carboxylic acid groups (broad SMARTS) is 1. The minimum absolute atomic E-state index is 0.120. The lowest BCUT2D eigenvalue weighted by Crippen LogP contribution is -2.52. The van der Waals surface area contributed by atoms with Crippen LogP contribution in [0.2, 0.25) is 10.0 Å². The fourth-order valence-corrected chi connectivity index (χ4v) is 4.78. The summed E-state index contributed by atoms with van der Waals surface area (Å²) in [4.78, 5) is 32.7. The Bertz CT molecular complexity index is 950. The van der Waals surface area contributed by atoms with Crippen molar-refractivity contribution in [2.75, 3.05) is 25.1 Å². The highest BCUT2D eigenvalue weighted by Gasteiger charge is 2.32. The van der Waals surface area contributed by atoms with E-state index in [2.05, 4.69) is 15.3 Å². The molecule has 1 aliphatic rings. The number of nitrogens with one attached hydrogen (secondary N) is 2. The van der Waals surface area contributed by atoms with Crippen LogP contribution >= 0.6 is 46.1 Å². The zero-order valence-electron chi connectivity index (χ0n) is 16.0. The summed E-state index contributed by atoms with van der Waals surface area (Å²) in [6, 6.07) is -0.290. The van der Waals surface area contributed by atoms with Crippen molar-refractivity contribution in [1.82, 2.24) is 15.3 Å². The van der Waals surface area contributed by atoms with Gasteiger partial charge in [0.05, 0.1) is 22.0 Å². The molecule has 1 amide bonds. The van der Waals surface area contributed by atoms with Gasteiger partial charge in [-0.25, -0.2) is 9.78 Å². The maximum absolute atomic E-state index is 12.6. The van der Waals surface area contributed by atoms with E-state index in [1.54, 1.807) is 6.92 Å². The Morgan fingerprint density at radius 2 is 2.13 bits per heavy atom. The number of aryl methyl sites for hydroxylation is 1. The van der Waals surface area contributed by atoms with Crippen molar-refractivity contribution >= 4 is 63.3 Å². The number of piperidine rings is 1. The molecule has 1 aliphatic heterocycles. The molecule has 0 bridgehead atoms. The lowest BCUT2D eigenvalue weighted by atomic mass is 10.0. The fourth-order valence-electron chi connectivity index (χ4n) is 3.06. The molecule has 3 heterocycles. The van der Waals surface area contributed by atoms with Crippen molar-refractivity contribution in [3.8, 4) is 5.06 Å². The average Bonchev–Trinajstić information content (AvgIpc) is 3.19. The summed E-state index contributed by atoms with van der Waals surface area (Å²) < 4.78 is 9.84. The number of aromatic nitrogens is 2. The Kier molecular flexibility index (Phi) is 7.35. The number of H-pyrrole nitrogens is 1. The first-order valence-corrected chi connectivity index (χ1v) is 10.8. The van der Waals surface area contributed by atoms with Gasteiger partial charge in [-0.3, -0.25) is 4.79 Å². The highest BCUT2D eigenvalue weighted by molar-refractivity contribution is 7.17. The van der Waals surface area contributed by atoms with E-state index in [-0.39, 0.29) is 34.3 Å². The molecule has 164 valence electrons. The van der Waals surface area contributed by atoms with Gasteiger partial charge in [0, 0.05) is 31.9 Å². The second kappa shape index (κ2) is 9.61. The van der Waals surface area contributed by atoms with Crippen molar-refractivity contribution in [1.29, 1.82) is 0 Å². The summed E-state index contributed by atoms with van der Waals surface area (Å²) in [7, 11) is 1.48. The predicted octanol–water partition coefficient (Wildman–Crippen LogP) is 3.91. The van der Waals surface area contributed by atoms with E-state index in [0.717, 1.165) is 11.3 Å². The van der Waals surface area contributed by atoms with E-state index in [1.165, 1.54) is 7.11 Å². The molecule has 2 aromatic heterocycles. The van der Waals surface area contributed by atoms with Gasteiger partial charge in [0.25, 0.3) is 5.91 Å². The van der Waals surface area contributed by atoms with Crippen LogP contribution in [0.25, 0.3) is 0 Å². The van der Waals surface area contributed by atoms with Gasteiger partial charge in [-0.1, -0.05) is 34.5 Å². The number of alkyl halides is 1. The third-order valence-corrected chi connectivity index (χ3v) is 6.95. The van der Waals surface area contributed by atoms with Crippen molar-refractivity contribution in [2.24, 2.45) is 0 Å². The summed E-state index contributed by atoms with van der Waals surface area (Å²) in [5.41, 5.74) is 1.21. The molecule has 0 spiro atoms. The topological polar surface area (TPSA) is 117 Å². The minimum atomic E-state index is -1.42. The smallest absolute Gasteiger partial charge is 0.449 e. The van der Waals surface area contributed by atoms with Crippen LogP contribution in [0.1, 0.15) is 28.3 Å². The lowest BCUT2D eigenvalue weighted by molar-refractivity contribution is 0.0927. The number of rotatable bonds is 6. The molecular formula is C17H19Cl3N4O5S. The lowest BCUT2D eigenvalue weighted by Gasteiger charge is -2.35. The van der Waals surface area contributed by atoms with E-state index in [0.29, 0.717) is 41.1 Å². The number of carbonyl (C=O) groups excluding carboxylic acids is 1. The maximum Gasteiger partial charge on any atom is 0.512 e. The molecule has 9 nitrogen and oxygen atoms in total. The zero-order valence-corrected chi connectivity index (χ0v) is 19.1. The summed E-state index contributed by atoms with van der Waals surface area (Å²) in [6.07, 6.45) is -0.864. The van der Waals surface area contributed by atoms with Crippen molar-refractivity contribution in [3.05, 3.63) is 27.1 Å². The average molecular weight is 498 g/mol. The summed E-state index contributed by atoms with van der Waals surface area (Å²) >= 11 is 19.8. The predicted molar refractivity (Wildman–Crippen MR) is 115 cm³/mol. The van der Waals surface area contributed by atoms with Gasteiger partial charge in [-0.15, -0.1) is 11.6 Å². The number of anilines is 1. The van der Waals surface area contributed by atoms with Crippen molar-refractivity contribution in [3.63, 3.8) is 0 Å². The molecule has 1 fully saturated rings. The van der Waals surface area contributed by atoms with E-state index < -0.39 is 11.5 Å². The molecule has 0 saturated carbocycles. The Labute approximate surface area is 191 Å². The number of hydrogen-bond acceptors (Lipinski definition) is 7. The van der Waals surface area contributed by atoms with Crippen LogP contribution < -0.4 is 15.0 Å². The molecule has 1 saturated heterocycles. The van der Waals surface area contributed by atoms with E-state index >= 15 is 0 Å². The SMILES string of the molecule is COCc1nc(N2CC[C@@H](NC(=O)c3[nH]c(C)c(Cl)c3Cl)[C@@H](Cl)C2)sc1OC(=O)O. The Morgan fingerprint density at radius 1 is 1.40 bits per heavy atom. The number of aromatic amines is 1. The number of nitrogens with zero attached hydrogens (tertiary/aromatic N) is 2. The highest BCUT2D eigenvalue weighted by Crippen LogP contribution is 2.36. The largest absolute Gasteiger partial charge is 0.512 e. The van der Waals surface area contributed by atoms with Gasteiger partial charge in [-0.2, -0.15) is 0 Å². The molecule has 0 aliphatic carbocycles. The normalized spacial score (nSPS) is 19.0. The monoisotopic (exact) mass is 496 g/mol. The van der Waals surface area contributed by atoms with E-state index in [9.17, 15) is 9.59 Å². The molecule has 0 unspecified atom stereocenters. The van der Waals surface area contributed by atoms with Crippen LogP contribution in [0.3, 0.4) is 0 Å². The van der Waals surface area contributed by atoms with Gasteiger partial charge >= 0.3 is 6.16 Å². The second-order valence-electron chi connectivity index (χ2n) is 6.62. The van der Waals surface area contributed by atoms with Crippen LogP contribution in [0.4, 0.5) is 9.93 Å². The Balaban J connectivity index is 1.67. The maximum atomic E-state index is 12.6. The molecule has 3 rings (SSSR count). The highest BCUT2D eigenvalue weighted by atomic mass is 35.5. The number of hydrogen-bond donors (Lipinski definition) is 3. The number of ether oxygens (including phenoxy) is 2. The number of thiazole rings is 1. The molecule has 13 heteroatoms. The van der Waals surface area contributed by atoms with Gasteiger partial charge in [0.1, 0.15) is 11.4 Å². The van der Waals surface area contributed by atoms with Gasteiger partial charge in [-0.05, 0) is 13.3 Å². The molecule has 30 heavy (non-hydrogen) atoms. The fraction of sp³-hybridized carbons (Fsp3) is 0.471. The molecule has 0 aromatic carbocycles. The Morgan fingerprint density at radius 3 is 2.70 bits per heavy atom. The number of halogens is 3. The zero-order chi connectivity index (χ0) is 22.0. The first-order valence-electron chi connectivity index (χ1n) is 8.84. The number of amides is 1. The van der Waals surface area contributed by atoms with Gasteiger partial charge in [0.2, 0.25) is 5.06 Å². The van der Waals surface area contributed by atoms with Crippen LogP contribution in [0.15, 0.2) is 0 Å². The molecular weight excluding hydrogens is 479 g/mol. The molecule has 2 aromatic rings. The van der Waals surface area contributed by atoms with Crippen molar-refractivity contribution < 1.29 is 24.2 Å². The van der Waals surface area contributed by atoms with Crippen LogP contribution in [-0.2, 0) is 11.3 Å². The minimum Gasteiger partial charge on any atom is -0.449 e. The molecule has 3 N–H and O–H groups in total. The summed E-state index contributed by atoms with van der Waals surface area (Å²) in [5, 5.41) is 12.6. The molecule has 0 radical (unpaired) electrons. The standard InChI is InChI=1S/C17H19Cl3N4O5S/c1-7-11(19)12(20)13(21-7)14(25)22-9-3-4-24(5-8(9)18)16-23-10(6-28-2)15(30-16)29-17(26)27/h8-9,21H,3-6H2,1-2H3,(H,22,25)(H,26,27)/t8-,9+/m0/s1. The van der Waals surface area contributed by atoms with E-state index in [1.807, 2.05) is 4.90 Å². The van der Waals surface area contributed by atoms with Gasteiger partial charge in [0.15, 0.2) is 5.13 Å². The van der Waals surface area contributed by atoms with Crippen LogP contribution in [0.5, 0.6) is 5.06 Å². The van der Waals surface area contributed by atoms with Crippen LogP contribution in [-0.4, -0.2) is 58.8 Å². The van der Waals surface area contributed by atoms with Gasteiger partial charge < -0.3 is 29.8 Å².